The molecule has 2 aliphatic rings. The van der Waals surface area contributed by atoms with Crippen LogP contribution in [0.2, 0.25) is 0 Å². The Bertz CT molecular complexity index is 599. The Morgan fingerprint density at radius 1 is 0.821 bits per heavy atom. The summed E-state index contributed by atoms with van der Waals surface area (Å²) in [6.07, 6.45) is -11.3. The third-order valence-corrected chi connectivity index (χ3v) is 4.82. The van der Waals surface area contributed by atoms with E-state index >= 15 is 0 Å². The van der Waals surface area contributed by atoms with Crippen LogP contribution in [0.5, 0.6) is 5.75 Å². The summed E-state index contributed by atoms with van der Waals surface area (Å²) < 4.78 is 22.0. The maximum absolute atomic E-state index is 10.5. The zero-order valence-corrected chi connectivity index (χ0v) is 15.0. The fraction of sp³-hybridized carbons (Fsp3) is 0.667. The van der Waals surface area contributed by atoms with E-state index in [1.807, 2.05) is 0 Å². The lowest BCUT2D eigenvalue weighted by atomic mass is 9.98. The van der Waals surface area contributed by atoms with Crippen molar-refractivity contribution in [3.63, 3.8) is 0 Å². The molecule has 0 bridgehead atoms. The molecule has 0 radical (unpaired) electrons. The van der Waals surface area contributed by atoms with Gasteiger partial charge in [0.2, 0.25) is 6.29 Å². The molecular weight excluding hydrogens is 376 g/mol. The van der Waals surface area contributed by atoms with Crippen LogP contribution in [0.1, 0.15) is 6.42 Å². The van der Waals surface area contributed by atoms with Gasteiger partial charge in [-0.05, 0) is 12.1 Å². The Morgan fingerprint density at radius 2 is 1.46 bits per heavy atom. The van der Waals surface area contributed by atoms with Gasteiger partial charge in [0, 0.05) is 6.42 Å². The molecule has 10 nitrogen and oxygen atoms in total. The highest BCUT2D eigenvalue weighted by atomic mass is 16.7. The lowest BCUT2D eigenvalue weighted by Gasteiger charge is -2.44. The largest absolute Gasteiger partial charge is 0.462 e. The van der Waals surface area contributed by atoms with Crippen molar-refractivity contribution in [2.45, 2.75) is 61.7 Å². The number of hydrogen-bond donors (Lipinski definition) is 6. The zero-order chi connectivity index (χ0) is 20.3. The number of hydrogen-bond acceptors (Lipinski definition) is 10. The first kappa shape index (κ1) is 21.4. The highest BCUT2D eigenvalue weighted by Gasteiger charge is 2.49. The van der Waals surface area contributed by atoms with Crippen LogP contribution in [-0.2, 0) is 14.2 Å². The minimum atomic E-state index is -1.52. The molecular formula is C18H26O10. The van der Waals surface area contributed by atoms with Crippen LogP contribution < -0.4 is 4.74 Å². The summed E-state index contributed by atoms with van der Waals surface area (Å²) in [7, 11) is 0. The summed E-state index contributed by atoms with van der Waals surface area (Å²) in [6, 6.07) is 8.53. The molecule has 3 rings (SSSR count). The van der Waals surface area contributed by atoms with Gasteiger partial charge < -0.3 is 49.6 Å². The first-order valence-electron chi connectivity index (χ1n) is 9.06. The summed E-state index contributed by atoms with van der Waals surface area (Å²) in [5.74, 6) is 0.403. The fourth-order valence-electron chi connectivity index (χ4n) is 3.26. The van der Waals surface area contributed by atoms with E-state index in [1.165, 1.54) is 0 Å². The number of para-hydroxylation sites is 1. The van der Waals surface area contributed by atoms with Gasteiger partial charge in [-0.3, -0.25) is 0 Å². The van der Waals surface area contributed by atoms with Crippen molar-refractivity contribution in [1.29, 1.82) is 0 Å². The molecule has 2 saturated heterocycles. The first-order valence-corrected chi connectivity index (χ1v) is 9.06. The van der Waals surface area contributed by atoms with Crippen molar-refractivity contribution in [3.05, 3.63) is 30.3 Å². The molecule has 2 heterocycles. The van der Waals surface area contributed by atoms with Crippen LogP contribution >= 0.6 is 0 Å². The summed E-state index contributed by atoms with van der Waals surface area (Å²) in [4.78, 5) is 0. The molecule has 2 fully saturated rings. The van der Waals surface area contributed by atoms with Crippen molar-refractivity contribution in [2.75, 3.05) is 13.2 Å². The van der Waals surface area contributed by atoms with Gasteiger partial charge in [0.05, 0.1) is 19.3 Å². The van der Waals surface area contributed by atoms with Gasteiger partial charge in [-0.25, -0.2) is 0 Å². The van der Waals surface area contributed by atoms with Gasteiger partial charge in [0.25, 0.3) is 0 Å². The van der Waals surface area contributed by atoms with E-state index < -0.39 is 68.5 Å². The highest BCUT2D eigenvalue weighted by Crippen LogP contribution is 2.29. The summed E-state index contributed by atoms with van der Waals surface area (Å²) >= 11 is 0. The van der Waals surface area contributed by atoms with Crippen LogP contribution in [0.15, 0.2) is 30.3 Å². The van der Waals surface area contributed by atoms with Crippen molar-refractivity contribution in [1.82, 2.24) is 0 Å². The van der Waals surface area contributed by atoms with Crippen LogP contribution in [0.3, 0.4) is 0 Å². The third kappa shape index (κ3) is 4.62. The SMILES string of the molecule is OCC1OC(OC2C(CO)OC(Oc3ccccc3)C(O)C2O)C(O)CC1O. The minimum absolute atomic E-state index is 0.106. The van der Waals surface area contributed by atoms with Gasteiger partial charge in [-0.15, -0.1) is 0 Å². The average molecular weight is 402 g/mol. The maximum atomic E-state index is 10.5. The van der Waals surface area contributed by atoms with E-state index in [0.717, 1.165) is 0 Å². The lowest BCUT2D eigenvalue weighted by Crippen LogP contribution is -2.63. The molecule has 158 valence electrons. The standard InChI is InChI=1S/C18H26O10/c19-7-12-10(21)6-11(22)17(26-12)28-16-13(8-20)27-18(15(24)14(16)23)25-9-4-2-1-3-5-9/h1-5,10-24H,6-8H2. The lowest BCUT2D eigenvalue weighted by molar-refractivity contribution is -0.340. The van der Waals surface area contributed by atoms with Crippen molar-refractivity contribution in [2.24, 2.45) is 0 Å². The van der Waals surface area contributed by atoms with Gasteiger partial charge >= 0.3 is 0 Å². The van der Waals surface area contributed by atoms with Gasteiger partial charge in [-0.2, -0.15) is 0 Å². The topological polar surface area (TPSA) is 158 Å². The Kier molecular flexibility index (Phi) is 7.20. The van der Waals surface area contributed by atoms with Crippen LogP contribution in [0.4, 0.5) is 0 Å². The molecule has 0 spiro atoms. The zero-order valence-electron chi connectivity index (χ0n) is 15.0. The Hall–Kier alpha value is -1.34. The van der Waals surface area contributed by atoms with Crippen LogP contribution in [0.25, 0.3) is 0 Å². The predicted molar refractivity (Wildman–Crippen MR) is 92.1 cm³/mol. The van der Waals surface area contributed by atoms with Crippen molar-refractivity contribution < 1.29 is 49.6 Å². The molecule has 9 unspecified atom stereocenters. The van der Waals surface area contributed by atoms with E-state index in [2.05, 4.69) is 0 Å². The van der Waals surface area contributed by atoms with E-state index in [1.54, 1.807) is 30.3 Å². The van der Waals surface area contributed by atoms with Crippen LogP contribution in [0, 0.1) is 0 Å². The molecule has 6 N–H and O–H groups in total. The number of rotatable bonds is 6. The quantitative estimate of drug-likeness (QED) is 0.306. The fourth-order valence-corrected chi connectivity index (χ4v) is 3.26. The second kappa shape index (κ2) is 9.44. The smallest absolute Gasteiger partial charge is 0.229 e. The summed E-state index contributed by atoms with van der Waals surface area (Å²) in [6.45, 7) is -1.05. The third-order valence-electron chi connectivity index (χ3n) is 4.82. The molecule has 0 aliphatic carbocycles. The van der Waals surface area contributed by atoms with Crippen LogP contribution in [-0.4, -0.2) is 99.2 Å². The van der Waals surface area contributed by atoms with E-state index in [0.29, 0.717) is 5.75 Å². The molecule has 1 aromatic carbocycles. The number of ether oxygens (including phenoxy) is 4. The summed E-state index contributed by atoms with van der Waals surface area (Å²) in [5, 5.41) is 59.6. The van der Waals surface area contributed by atoms with Crippen molar-refractivity contribution >= 4 is 0 Å². The molecule has 10 heteroatoms. The number of aliphatic hydroxyl groups is 6. The average Bonchev–Trinajstić information content (AvgIpc) is 2.70. The second-order valence-electron chi connectivity index (χ2n) is 6.83. The van der Waals surface area contributed by atoms with E-state index in [4.69, 9.17) is 18.9 Å². The maximum Gasteiger partial charge on any atom is 0.229 e. The molecule has 28 heavy (non-hydrogen) atoms. The Morgan fingerprint density at radius 3 is 2.11 bits per heavy atom. The Labute approximate surface area is 161 Å². The van der Waals surface area contributed by atoms with E-state index in [9.17, 15) is 30.6 Å². The number of benzene rings is 1. The summed E-state index contributed by atoms with van der Waals surface area (Å²) in [5.41, 5.74) is 0. The minimum Gasteiger partial charge on any atom is -0.462 e. The molecule has 0 saturated carbocycles. The van der Waals surface area contributed by atoms with Gasteiger partial charge in [0.15, 0.2) is 6.29 Å². The second-order valence-corrected chi connectivity index (χ2v) is 6.83. The molecule has 0 aromatic heterocycles. The molecule has 2 aliphatic heterocycles. The highest BCUT2D eigenvalue weighted by molar-refractivity contribution is 5.21. The van der Waals surface area contributed by atoms with E-state index in [-0.39, 0.29) is 6.42 Å². The van der Waals surface area contributed by atoms with Gasteiger partial charge in [-0.1, -0.05) is 18.2 Å². The Balaban J connectivity index is 1.68. The predicted octanol–water partition coefficient (Wildman–Crippen LogP) is -2.28. The normalized spacial score (nSPS) is 41.6. The monoisotopic (exact) mass is 402 g/mol. The molecule has 9 atom stereocenters. The molecule has 1 aromatic rings. The van der Waals surface area contributed by atoms with Gasteiger partial charge in [0.1, 0.15) is 42.4 Å². The first-order chi connectivity index (χ1) is 13.4. The van der Waals surface area contributed by atoms with Crippen molar-refractivity contribution in [3.8, 4) is 5.75 Å². The number of aliphatic hydroxyl groups excluding tert-OH is 6. The molecule has 0 amide bonds.